The number of rotatable bonds is 4. The molecule has 0 bridgehead atoms. The summed E-state index contributed by atoms with van der Waals surface area (Å²) in [5, 5.41) is 7.62. The maximum absolute atomic E-state index is 11.8. The number of hydrogen-bond donors (Lipinski definition) is 2. The summed E-state index contributed by atoms with van der Waals surface area (Å²) in [5.74, 6) is 0.893. The number of aromatic nitrogens is 2. The Hall–Kier alpha value is -1.56. The Morgan fingerprint density at radius 1 is 1.43 bits per heavy atom. The van der Waals surface area contributed by atoms with Crippen LogP contribution in [-0.2, 0) is 18.4 Å². The Bertz CT molecular complexity index is 716. The molecule has 1 aromatic heterocycles. The Kier molecular flexibility index (Phi) is 4.90. The Morgan fingerprint density at radius 2 is 2.26 bits per heavy atom. The van der Waals surface area contributed by atoms with Crippen LogP contribution in [0.4, 0.5) is 0 Å². The minimum Gasteiger partial charge on any atom is -0.345 e. The molecular weight excluding hydrogens is 335 g/mol. The molecule has 1 saturated heterocycles. The monoisotopic (exact) mass is 352 g/mol. The van der Waals surface area contributed by atoms with Crippen LogP contribution in [0.1, 0.15) is 30.3 Å². The van der Waals surface area contributed by atoms with E-state index in [2.05, 4.69) is 15.6 Å². The van der Waals surface area contributed by atoms with Crippen molar-refractivity contribution in [1.29, 1.82) is 0 Å². The fourth-order valence-electron chi connectivity index (χ4n) is 2.87. The van der Waals surface area contributed by atoms with Crippen molar-refractivity contribution in [2.75, 3.05) is 0 Å². The lowest BCUT2D eigenvalue weighted by atomic mass is 9.96. The number of amides is 1. The first-order valence-corrected chi connectivity index (χ1v) is 8.24. The lowest BCUT2D eigenvalue weighted by molar-refractivity contribution is -0.124. The van der Waals surface area contributed by atoms with Crippen molar-refractivity contribution in [3.8, 4) is 0 Å². The number of aryl methyl sites for hydroxylation is 1. The summed E-state index contributed by atoms with van der Waals surface area (Å²) in [7, 11) is 1.92. The zero-order chi connectivity index (χ0) is 16.4. The molecule has 1 aromatic carbocycles. The minimum absolute atomic E-state index is 0.0526. The van der Waals surface area contributed by atoms with Crippen molar-refractivity contribution >= 4 is 29.1 Å². The first-order valence-electron chi connectivity index (χ1n) is 7.49. The number of carbonyl (C=O) groups excluding carboxylic acids is 1. The highest BCUT2D eigenvalue weighted by Gasteiger charge is 2.32. The SMILES string of the molecule is Cn1ccnc1[C@@H]1NC(=O)CC[C@H]1NCc1cccc(Cl)c1Cl. The summed E-state index contributed by atoms with van der Waals surface area (Å²) < 4.78 is 1.93. The van der Waals surface area contributed by atoms with Crippen LogP contribution >= 0.6 is 23.2 Å². The van der Waals surface area contributed by atoms with Gasteiger partial charge in [-0.2, -0.15) is 0 Å². The van der Waals surface area contributed by atoms with E-state index in [4.69, 9.17) is 23.2 Å². The number of carbonyl (C=O) groups is 1. The molecule has 1 amide bonds. The molecule has 0 saturated carbocycles. The number of benzene rings is 1. The van der Waals surface area contributed by atoms with Crippen molar-refractivity contribution in [3.63, 3.8) is 0 Å². The number of halogens is 2. The molecule has 23 heavy (non-hydrogen) atoms. The van der Waals surface area contributed by atoms with Crippen LogP contribution in [0.2, 0.25) is 10.0 Å². The Balaban J connectivity index is 1.76. The number of hydrogen-bond acceptors (Lipinski definition) is 3. The van der Waals surface area contributed by atoms with Gasteiger partial charge in [0.2, 0.25) is 5.91 Å². The molecule has 0 radical (unpaired) electrons. The van der Waals surface area contributed by atoms with Crippen molar-refractivity contribution < 1.29 is 4.79 Å². The molecule has 1 aliphatic rings. The molecule has 2 aromatic rings. The van der Waals surface area contributed by atoms with Gasteiger partial charge in [-0.3, -0.25) is 4.79 Å². The van der Waals surface area contributed by atoms with E-state index in [0.29, 0.717) is 23.0 Å². The largest absolute Gasteiger partial charge is 0.345 e. The number of imidazole rings is 1. The van der Waals surface area contributed by atoms with E-state index >= 15 is 0 Å². The summed E-state index contributed by atoms with van der Waals surface area (Å²) in [6.45, 7) is 0.584. The molecule has 3 rings (SSSR count). The van der Waals surface area contributed by atoms with Crippen LogP contribution < -0.4 is 10.6 Å². The fourth-order valence-corrected chi connectivity index (χ4v) is 3.25. The van der Waals surface area contributed by atoms with E-state index in [-0.39, 0.29) is 18.0 Å². The molecule has 0 unspecified atom stereocenters. The van der Waals surface area contributed by atoms with E-state index in [1.54, 1.807) is 12.3 Å². The average Bonchev–Trinajstić information content (AvgIpc) is 2.95. The van der Waals surface area contributed by atoms with Crippen molar-refractivity contribution in [2.24, 2.45) is 7.05 Å². The van der Waals surface area contributed by atoms with Crippen LogP contribution in [0, 0.1) is 0 Å². The second-order valence-corrected chi connectivity index (χ2v) is 6.47. The van der Waals surface area contributed by atoms with Gasteiger partial charge < -0.3 is 15.2 Å². The highest BCUT2D eigenvalue weighted by atomic mass is 35.5. The summed E-state index contributed by atoms with van der Waals surface area (Å²) >= 11 is 12.3. The van der Waals surface area contributed by atoms with E-state index in [9.17, 15) is 4.79 Å². The van der Waals surface area contributed by atoms with Gasteiger partial charge in [0.25, 0.3) is 0 Å². The normalized spacial score (nSPS) is 21.3. The van der Waals surface area contributed by atoms with Crippen LogP contribution in [0.3, 0.4) is 0 Å². The third kappa shape index (κ3) is 3.52. The zero-order valence-corrected chi connectivity index (χ0v) is 14.2. The quantitative estimate of drug-likeness (QED) is 0.889. The smallest absolute Gasteiger partial charge is 0.220 e. The number of nitrogens with one attached hydrogen (secondary N) is 2. The van der Waals surface area contributed by atoms with Crippen LogP contribution in [0.25, 0.3) is 0 Å². The van der Waals surface area contributed by atoms with Crippen molar-refractivity contribution in [2.45, 2.75) is 31.5 Å². The third-order valence-corrected chi connectivity index (χ3v) is 4.98. The van der Waals surface area contributed by atoms with Gasteiger partial charge in [-0.1, -0.05) is 35.3 Å². The highest BCUT2D eigenvalue weighted by Crippen LogP contribution is 2.27. The molecule has 0 aliphatic carbocycles. The maximum atomic E-state index is 11.8. The van der Waals surface area contributed by atoms with E-state index in [0.717, 1.165) is 17.8 Å². The highest BCUT2D eigenvalue weighted by molar-refractivity contribution is 6.42. The van der Waals surface area contributed by atoms with E-state index in [1.165, 1.54) is 0 Å². The van der Waals surface area contributed by atoms with Crippen molar-refractivity contribution in [1.82, 2.24) is 20.2 Å². The molecule has 5 nitrogen and oxygen atoms in total. The predicted molar refractivity (Wildman–Crippen MR) is 90.4 cm³/mol. The number of nitrogens with zero attached hydrogens (tertiary/aromatic N) is 2. The molecule has 2 N–H and O–H groups in total. The van der Waals surface area contributed by atoms with E-state index in [1.807, 2.05) is 29.9 Å². The minimum atomic E-state index is -0.158. The lowest BCUT2D eigenvalue weighted by Crippen LogP contribution is -2.49. The molecule has 1 aliphatic heterocycles. The van der Waals surface area contributed by atoms with Gasteiger partial charge in [-0.25, -0.2) is 4.98 Å². The standard InChI is InChI=1S/C16H18Cl2N4O/c1-22-8-7-19-16(22)15-12(5-6-13(23)21-15)20-9-10-3-2-4-11(17)14(10)18/h2-4,7-8,12,15,20H,5-6,9H2,1H3,(H,21,23)/t12-,15-/m1/s1. The van der Waals surface area contributed by atoms with Gasteiger partial charge in [0.15, 0.2) is 0 Å². The molecule has 0 spiro atoms. The summed E-state index contributed by atoms with van der Waals surface area (Å²) in [4.78, 5) is 16.2. The fraction of sp³-hybridized carbons (Fsp3) is 0.375. The van der Waals surface area contributed by atoms with Gasteiger partial charge >= 0.3 is 0 Å². The van der Waals surface area contributed by atoms with Gasteiger partial charge in [0.05, 0.1) is 10.0 Å². The van der Waals surface area contributed by atoms with Gasteiger partial charge in [-0.15, -0.1) is 0 Å². The third-order valence-electron chi connectivity index (χ3n) is 4.12. The van der Waals surface area contributed by atoms with Gasteiger partial charge in [0, 0.05) is 38.4 Å². The maximum Gasteiger partial charge on any atom is 0.220 e. The van der Waals surface area contributed by atoms with Crippen LogP contribution in [0.5, 0.6) is 0 Å². The average molecular weight is 353 g/mol. The molecular formula is C16H18Cl2N4O. The van der Waals surface area contributed by atoms with Crippen LogP contribution in [0.15, 0.2) is 30.6 Å². The number of piperidine rings is 1. The van der Waals surface area contributed by atoms with E-state index < -0.39 is 0 Å². The summed E-state index contributed by atoms with van der Waals surface area (Å²) in [6, 6.07) is 5.52. The molecule has 7 heteroatoms. The Labute approximate surface area is 145 Å². The summed E-state index contributed by atoms with van der Waals surface area (Å²) in [5.41, 5.74) is 0.939. The first-order chi connectivity index (χ1) is 11.1. The zero-order valence-electron chi connectivity index (χ0n) is 12.7. The lowest BCUT2D eigenvalue weighted by Gasteiger charge is -2.32. The summed E-state index contributed by atoms with van der Waals surface area (Å²) in [6.07, 6.45) is 4.87. The predicted octanol–water partition coefficient (Wildman–Crippen LogP) is 2.84. The first kappa shape index (κ1) is 16.3. The molecule has 1 fully saturated rings. The Morgan fingerprint density at radius 3 is 3.00 bits per heavy atom. The molecule has 2 heterocycles. The molecule has 122 valence electrons. The van der Waals surface area contributed by atoms with Gasteiger partial charge in [-0.05, 0) is 18.1 Å². The van der Waals surface area contributed by atoms with Crippen molar-refractivity contribution in [3.05, 3.63) is 52.0 Å². The van der Waals surface area contributed by atoms with Gasteiger partial charge in [0.1, 0.15) is 11.9 Å². The molecule has 2 atom stereocenters. The topological polar surface area (TPSA) is 59.0 Å². The second kappa shape index (κ2) is 6.91. The van der Waals surface area contributed by atoms with Crippen LogP contribution in [-0.4, -0.2) is 21.5 Å². The second-order valence-electron chi connectivity index (χ2n) is 5.68.